The molecule has 0 spiro atoms. The van der Waals surface area contributed by atoms with Crippen molar-refractivity contribution < 1.29 is 23.1 Å². The Balaban J connectivity index is 2.06. The van der Waals surface area contributed by atoms with E-state index in [4.69, 9.17) is 5.11 Å². The number of rotatable bonds is 5. The Morgan fingerprint density at radius 2 is 1.91 bits per heavy atom. The van der Waals surface area contributed by atoms with Gasteiger partial charge in [0, 0.05) is 38.0 Å². The van der Waals surface area contributed by atoms with E-state index in [2.05, 4.69) is 0 Å². The second kappa shape index (κ2) is 6.76. The van der Waals surface area contributed by atoms with E-state index in [-0.39, 0.29) is 28.8 Å². The first-order valence-electron chi connectivity index (χ1n) is 6.96. The predicted octanol–water partition coefficient (Wildman–Crippen LogP) is 1.08. The highest BCUT2D eigenvalue weighted by Gasteiger charge is 2.31. The summed E-state index contributed by atoms with van der Waals surface area (Å²) in [5.41, 5.74) is -0.0275. The average molecular weight is 346 g/mol. The maximum atomic E-state index is 12.5. The Kier molecular flexibility index (Phi) is 5.20. The fourth-order valence-corrected chi connectivity index (χ4v) is 4.97. The van der Waals surface area contributed by atoms with Gasteiger partial charge >= 0.3 is 5.97 Å². The average Bonchev–Trinajstić information content (AvgIpc) is 2.98. The molecule has 122 valence electrons. The Hall–Kier alpha value is -1.45. The number of aromatic carboxylic acids is 1. The lowest BCUT2D eigenvalue weighted by Crippen LogP contribution is -2.50. The Morgan fingerprint density at radius 1 is 1.27 bits per heavy atom. The third kappa shape index (κ3) is 3.47. The molecule has 0 atom stereocenters. The van der Waals surface area contributed by atoms with Crippen molar-refractivity contribution in [2.24, 2.45) is 0 Å². The molecule has 7 nitrogen and oxygen atoms in total. The van der Waals surface area contributed by atoms with Gasteiger partial charge in [-0.3, -0.25) is 4.79 Å². The monoisotopic (exact) mass is 346 g/mol. The van der Waals surface area contributed by atoms with Crippen LogP contribution in [0.15, 0.2) is 15.7 Å². The van der Waals surface area contributed by atoms with Crippen molar-refractivity contribution in [2.45, 2.75) is 24.0 Å². The largest absolute Gasteiger partial charge is 0.478 e. The Labute approximate surface area is 133 Å². The van der Waals surface area contributed by atoms with Crippen LogP contribution >= 0.6 is 11.3 Å². The van der Waals surface area contributed by atoms with Gasteiger partial charge in [0.2, 0.25) is 5.91 Å². The van der Waals surface area contributed by atoms with Crippen LogP contribution in [0.4, 0.5) is 0 Å². The molecule has 1 N–H and O–H groups in total. The number of carbonyl (C=O) groups excluding carboxylic acids is 1. The van der Waals surface area contributed by atoms with E-state index in [1.165, 1.54) is 15.8 Å². The molecular formula is C13H18N2O5S2. The Morgan fingerprint density at radius 3 is 2.41 bits per heavy atom. The van der Waals surface area contributed by atoms with Crippen molar-refractivity contribution in [1.82, 2.24) is 9.21 Å². The number of amides is 1. The third-order valence-corrected chi connectivity index (χ3v) is 6.79. The van der Waals surface area contributed by atoms with Gasteiger partial charge in [0.1, 0.15) is 4.21 Å². The van der Waals surface area contributed by atoms with E-state index < -0.39 is 16.0 Å². The zero-order chi connectivity index (χ0) is 16.3. The summed E-state index contributed by atoms with van der Waals surface area (Å²) in [6.45, 7) is 3.13. The van der Waals surface area contributed by atoms with Gasteiger partial charge in [-0.25, -0.2) is 13.2 Å². The van der Waals surface area contributed by atoms with Crippen molar-refractivity contribution in [1.29, 1.82) is 0 Å². The van der Waals surface area contributed by atoms with E-state index in [9.17, 15) is 18.0 Å². The normalized spacial score (nSPS) is 16.7. The molecule has 0 aliphatic carbocycles. The van der Waals surface area contributed by atoms with Crippen LogP contribution in [0.2, 0.25) is 0 Å². The molecular weight excluding hydrogens is 328 g/mol. The number of nitrogens with zero attached hydrogens (tertiary/aromatic N) is 2. The molecule has 1 amide bonds. The van der Waals surface area contributed by atoms with E-state index in [0.717, 1.165) is 17.8 Å². The molecule has 1 fully saturated rings. The maximum Gasteiger partial charge on any atom is 0.336 e. The minimum Gasteiger partial charge on any atom is -0.478 e. The van der Waals surface area contributed by atoms with E-state index in [1.807, 2.05) is 6.92 Å². The summed E-state index contributed by atoms with van der Waals surface area (Å²) < 4.78 is 26.3. The zero-order valence-electron chi connectivity index (χ0n) is 12.2. The van der Waals surface area contributed by atoms with Crippen LogP contribution in [-0.2, 0) is 14.8 Å². The number of carbonyl (C=O) groups is 2. The van der Waals surface area contributed by atoms with Crippen LogP contribution in [0.25, 0.3) is 0 Å². The fourth-order valence-electron chi connectivity index (χ4n) is 2.24. The lowest BCUT2D eigenvalue weighted by molar-refractivity contribution is -0.132. The first-order valence-corrected chi connectivity index (χ1v) is 9.28. The second-order valence-electron chi connectivity index (χ2n) is 4.99. The molecule has 1 saturated heterocycles. The minimum absolute atomic E-state index is 0.0261. The van der Waals surface area contributed by atoms with Crippen LogP contribution in [-0.4, -0.2) is 60.8 Å². The van der Waals surface area contributed by atoms with Crippen LogP contribution < -0.4 is 0 Å². The van der Waals surface area contributed by atoms with E-state index in [1.54, 1.807) is 4.90 Å². The van der Waals surface area contributed by atoms with E-state index >= 15 is 0 Å². The molecule has 0 unspecified atom stereocenters. The van der Waals surface area contributed by atoms with Crippen molar-refractivity contribution in [2.75, 3.05) is 26.2 Å². The topological polar surface area (TPSA) is 95.0 Å². The molecule has 0 bridgehead atoms. The number of carboxylic acid groups (broad SMARTS) is 1. The van der Waals surface area contributed by atoms with Gasteiger partial charge in [0.05, 0.1) is 5.56 Å². The number of piperazine rings is 1. The summed E-state index contributed by atoms with van der Waals surface area (Å²) in [7, 11) is -3.69. The van der Waals surface area contributed by atoms with Gasteiger partial charge in [0.25, 0.3) is 10.0 Å². The van der Waals surface area contributed by atoms with E-state index in [0.29, 0.717) is 19.5 Å². The summed E-state index contributed by atoms with van der Waals surface area (Å²) in [6, 6.07) is 1.18. The predicted molar refractivity (Wildman–Crippen MR) is 81.5 cm³/mol. The lowest BCUT2D eigenvalue weighted by Gasteiger charge is -2.33. The highest BCUT2D eigenvalue weighted by Crippen LogP contribution is 2.25. The van der Waals surface area contributed by atoms with Gasteiger partial charge in [-0.1, -0.05) is 6.92 Å². The highest BCUT2D eigenvalue weighted by atomic mass is 32.2. The maximum absolute atomic E-state index is 12.5. The summed E-state index contributed by atoms with van der Waals surface area (Å²) in [5, 5.41) is 10.2. The second-order valence-corrected chi connectivity index (χ2v) is 8.07. The molecule has 2 rings (SSSR count). The Bertz CT molecular complexity index is 660. The van der Waals surface area contributed by atoms with Crippen molar-refractivity contribution >= 4 is 33.2 Å². The van der Waals surface area contributed by atoms with Gasteiger partial charge in [-0.2, -0.15) is 4.31 Å². The molecule has 0 radical (unpaired) electrons. The van der Waals surface area contributed by atoms with Crippen LogP contribution in [0.3, 0.4) is 0 Å². The zero-order valence-corrected chi connectivity index (χ0v) is 13.8. The molecule has 2 heterocycles. The molecule has 0 aromatic carbocycles. The summed E-state index contributed by atoms with van der Waals surface area (Å²) in [5.74, 6) is -1.10. The van der Waals surface area contributed by atoms with Crippen molar-refractivity contribution in [3.05, 3.63) is 17.0 Å². The smallest absolute Gasteiger partial charge is 0.336 e. The number of carboxylic acids is 1. The van der Waals surface area contributed by atoms with Gasteiger partial charge in [-0.15, -0.1) is 11.3 Å². The van der Waals surface area contributed by atoms with Crippen LogP contribution in [0.1, 0.15) is 30.1 Å². The number of hydrogen-bond acceptors (Lipinski definition) is 5. The minimum atomic E-state index is -3.69. The molecule has 1 aromatic rings. The number of thiophene rings is 1. The van der Waals surface area contributed by atoms with Crippen LogP contribution in [0, 0.1) is 0 Å². The van der Waals surface area contributed by atoms with Gasteiger partial charge in [0.15, 0.2) is 0 Å². The molecule has 22 heavy (non-hydrogen) atoms. The summed E-state index contributed by atoms with van der Waals surface area (Å²) in [4.78, 5) is 24.3. The summed E-state index contributed by atoms with van der Waals surface area (Å²) >= 11 is 0.903. The molecule has 1 aromatic heterocycles. The SMILES string of the molecule is CCCC(=O)N1CCN(S(=O)(=O)c2cc(C(=O)O)cs2)CC1. The highest BCUT2D eigenvalue weighted by molar-refractivity contribution is 7.91. The molecule has 9 heteroatoms. The van der Waals surface area contributed by atoms with Crippen molar-refractivity contribution in [3.8, 4) is 0 Å². The van der Waals surface area contributed by atoms with Crippen molar-refractivity contribution in [3.63, 3.8) is 0 Å². The fraction of sp³-hybridized carbons (Fsp3) is 0.538. The van der Waals surface area contributed by atoms with Gasteiger partial charge < -0.3 is 10.0 Å². The first-order chi connectivity index (χ1) is 10.4. The molecule has 1 aliphatic rings. The van der Waals surface area contributed by atoms with Crippen LogP contribution in [0.5, 0.6) is 0 Å². The van der Waals surface area contributed by atoms with Gasteiger partial charge in [-0.05, 0) is 12.5 Å². The number of hydrogen-bond donors (Lipinski definition) is 1. The lowest BCUT2D eigenvalue weighted by atomic mass is 10.2. The quantitative estimate of drug-likeness (QED) is 0.861. The number of sulfonamides is 1. The molecule has 0 saturated carbocycles. The summed E-state index contributed by atoms with van der Waals surface area (Å²) in [6.07, 6.45) is 1.24. The molecule has 1 aliphatic heterocycles. The first kappa shape index (κ1) is 16.9. The standard InChI is InChI=1S/C13H18N2O5S2/c1-2-3-11(16)14-4-6-15(7-5-14)22(19,20)12-8-10(9-21-12)13(17)18/h8-9H,2-7H2,1H3,(H,17,18). The third-order valence-electron chi connectivity index (χ3n) is 3.47.